The van der Waals surface area contributed by atoms with Crippen molar-refractivity contribution in [2.24, 2.45) is 0 Å². The number of hydrogen-bond acceptors (Lipinski definition) is 2. The molecule has 0 atom stereocenters. The maximum Gasteiger partial charge on any atom is 0.166 e. The summed E-state index contributed by atoms with van der Waals surface area (Å²) in [6, 6.07) is 36.4. The van der Waals surface area contributed by atoms with Crippen molar-refractivity contribution in [3.8, 4) is 45.5 Å². The second-order valence-electron chi connectivity index (χ2n) is 16.9. The smallest absolute Gasteiger partial charge is 0.166 e. The molecular formula is C64H40N6. The predicted molar refractivity (Wildman–Crippen MR) is 290 cm³/mol. The van der Waals surface area contributed by atoms with Crippen LogP contribution in [0.3, 0.4) is 0 Å². The molecule has 15 aromatic rings. The molecule has 15 rings (SSSR count). The van der Waals surface area contributed by atoms with Crippen molar-refractivity contribution in [1.29, 1.82) is 0 Å². The van der Waals surface area contributed by atoms with Gasteiger partial charge in [0.15, 0.2) is 5.82 Å². The van der Waals surface area contributed by atoms with Crippen LogP contribution in [-0.2, 0) is 0 Å². The van der Waals surface area contributed by atoms with Gasteiger partial charge < -0.3 is 9.13 Å². The second-order valence-corrected chi connectivity index (χ2v) is 16.9. The highest BCUT2D eigenvalue weighted by Crippen LogP contribution is 2.45. The fourth-order valence-electron chi connectivity index (χ4n) is 10.5. The van der Waals surface area contributed by atoms with Crippen LogP contribution in [0.4, 0.5) is 0 Å². The van der Waals surface area contributed by atoms with Gasteiger partial charge in [0.2, 0.25) is 0 Å². The van der Waals surface area contributed by atoms with Crippen molar-refractivity contribution in [1.82, 2.24) is 28.2 Å². The molecule has 0 N–H and O–H groups in total. The Labute approximate surface area is 424 Å². The van der Waals surface area contributed by atoms with Gasteiger partial charge in [-0.2, -0.15) is 0 Å². The predicted octanol–water partition coefficient (Wildman–Crippen LogP) is 16.2. The van der Waals surface area contributed by atoms with Crippen LogP contribution in [0.25, 0.3) is 133 Å². The van der Waals surface area contributed by atoms with E-state index in [0.717, 1.165) is 49.3 Å². The Hall–Kier alpha value is -9.52. The molecule has 0 radical (unpaired) electrons. The third-order valence-electron chi connectivity index (χ3n) is 13.3. The highest BCUT2D eigenvalue weighted by molar-refractivity contribution is 6.16. The van der Waals surface area contributed by atoms with Gasteiger partial charge in [0, 0.05) is 60.4 Å². The lowest BCUT2D eigenvalue weighted by molar-refractivity contribution is 0.991. The van der Waals surface area contributed by atoms with E-state index >= 15 is 0 Å². The van der Waals surface area contributed by atoms with Gasteiger partial charge in [-0.3, -0.25) is 9.13 Å². The Kier molecular flexibility index (Phi) is 5.60. The standard InChI is InChI=1S/C64H40N6/c1-2-20-41(21-3-1)67-52-32-11-10-28-48(52)50-30-18-31-51(63(50)67)49-29-19-39-59(68-53-33-12-4-22-42(53)43-23-5-13-34-54(43)68)62(49)64-65-60(69-55-35-14-6-24-44(55)45-25-7-15-36-56(45)69)40-61(66-64)70-57-37-16-8-26-46(57)47-27-9-17-38-58(47)70/h1-40H/i6D,7D,8D,9D,14D,15D,16D,17D,24D,25D,26D,27D,35D,36D,37D,38D. The van der Waals surface area contributed by atoms with Gasteiger partial charge in [0.25, 0.3) is 0 Å². The average Bonchev–Trinajstić information content (AvgIpc) is 1.93. The number of fused-ring (bicyclic) bond motifs is 12. The van der Waals surface area contributed by atoms with Gasteiger partial charge in [-0.25, -0.2) is 9.97 Å². The summed E-state index contributed by atoms with van der Waals surface area (Å²) < 4.78 is 154. The second kappa shape index (κ2) is 15.0. The molecule has 0 fully saturated rings. The van der Waals surface area contributed by atoms with E-state index in [-0.39, 0.29) is 61.1 Å². The van der Waals surface area contributed by atoms with Crippen LogP contribution in [0, 0.1) is 0 Å². The molecule has 0 saturated carbocycles. The molecule has 0 unspecified atom stereocenters. The highest BCUT2D eigenvalue weighted by atomic mass is 15.2. The van der Waals surface area contributed by atoms with E-state index in [1.165, 1.54) is 15.2 Å². The summed E-state index contributed by atoms with van der Waals surface area (Å²) >= 11 is 0. The van der Waals surface area contributed by atoms with E-state index in [9.17, 15) is 11.0 Å². The molecule has 5 aromatic heterocycles. The van der Waals surface area contributed by atoms with Crippen molar-refractivity contribution in [3.63, 3.8) is 0 Å². The maximum atomic E-state index is 9.61. The van der Waals surface area contributed by atoms with Crippen molar-refractivity contribution >= 4 is 87.2 Å². The van der Waals surface area contributed by atoms with E-state index in [0.29, 0.717) is 22.4 Å². The lowest BCUT2D eigenvalue weighted by atomic mass is 9.95. The molecule has 10 aromatic carbocycles. The Morgan fingerprint density at radius 2 is 0.729 bits per heavy atom. The lowest BCUT2D eigenvalue weighted by Crippen LogP contribution is -2.08. The molecule has 6 nitrogen and oxygen atoms in total. The molecule has 0 aliphatic heterocycles. The first-order valence-corrected chi connectivity index (χ1v) is 22.5. The van der Waals surface area contributed by atoms with Gasteiger partial charge in [0.05, 0.1) is 77.3 Å². The first kappa shape index (κ1) is 26.1. The van der Waals surface area contributed by atoms with E-state index in [1.54, 1.807) is 0 Å². The molecule has 70 heavy (non-hydrogen) atoms. The van der Waals surface area contributed by atoms with E-state index in [4.69, 9.17) is 20.9 Å². The minimum atomic E-state index is -0.688. The summed E-state index contributed by atoms with van der Waals surface area (Å²) in [5.41, 5.74) is 5.07. The third-order valence-corrected chi connectivity index (χ3v) is 13.3. The van der Waals surface area contributed by atoms with Crippen LogP contribution >= 0.6 is 0 Å². The van der Waals surface area contributed by atoms with Crippen molar-refractivity contribution in [2.45, 2.75) is 0 Å². The third kappa shape index (κ3) is 5.50. The van der Waals surface area contributed by atoms with E-state index in [1.807, 2.05) is 133 Å². The van der Waals surface area contributed by atoms with Gasteiger partial charge in [-0.15, -0.1) is 0 Å². The Bertz CT molecular complexity index is 5180. The van der Waals surface area contributed by atoms with Crippen LogP contribution < -0.4 is 0 Å². The highest BCUT2D eigenvalue weighted by Gasteiger charge is 2.26. The summed E-state index contributed by atoms with van der Waals surface area (Å²) in [6.07, 6.45) is 0. The molecule has 0 spiro atoms. The zero-order chi connectivity index (χ0) is 59.8. The molecular weight excluding hydrogens is 853 g/mol. The molecule has 5 heterocycles. The topological polar surface area (TPSA) is 45.5 Å². The van der Waals surface area contributed by atoms with Crippen molar-refractivity contribution < 1.29 is 21.9 Å². The van der Waals surface area contributed by atoms with Crippen LogP contribution in [0.15, 0.2) is 242 Å². The Balaban J connectivity index is 1.21. The van der Waals surface area contributed by atoms with Crippen molar-refractivity contribution in [2.75, 3.05) is 0 Å². The molecule has 326 valence electrons. The number of benzene rings is 10. The number of nitrogens with zero attached hydrogens (tertiary/aromatic N) is 6. The van der Waals surface area contributed by atoms with Crippen molar-refractivity contribution in [3.05, 3.63) is 242 Å². The van der Waals surface area contributed by atoms with E-state index in [2.05, 4.69) is 15.2 Å². The summed E-state index contributed by atoms with van der Waals surface area (Å²) in [5.74, 6) is -0.634. The maximum absolute atomic E-state index is 9.61. The van der Waals surface area contributed by atoms with Gasteiger partial charge in [-0.05, 0) is 66.1 Å². The summed E-state index contributed by atoms with van der Waals surface area (Å²) in [4.78, 5) is 10.9. The Morgan fingerprint density at radius 3 is 1.26 bits per heavy atom. The van der Waals surface area contributed by atoms with Crippen LogP contribution in [0.1, 0.15) is 21.9 Å². The molecule has 0 saturated heterocycles. The van der Waals surface area contributed by atoms with Gasteiger partial charge >= 0.3 is 0 Å². The first-order valence-electron chi connectivity index (χ1n) is 30.5. The monoisotopic (exact) mass is 908 g/mol. The molecule has 0 amide bonds. The normalized spacial score (nSPS) is 15.2. The van der Waals surface area contributed by atoms with E-state index < -0.39 is 96.7 Å². The molecule has 0 bridgehead atoms. The number of rotatable bonds is 6. The van der Waals surface area contributed by atoms with Gasteiger partial charge in [-0.1, -0.05) is 176 Å². The fourth-order valence-corrected chi connectivity index (χ4v) is 10.5. The molecule has 6 heteroatoms. The Morgan fingerprint density at radius 1 is 0.314 bits per heavy atom. The number of aromatic nitrogens is 6. The quantitative estimate of drug-likeness (QED) is 0.167. The summed E-state index contributed by atoms with van der Waals surface area (Å²) in [5, 5.41) is 2.69. The largest absolute Gasteiger partial charge is 0.309 e. The minimum Gasteiger partial charge on any atom is -0.309 e. The lowest BCUT2D eigenvalue weighted by Gasteiger charge is -2.20. The first-order chi connectivity index (χ1) is 41.4. The average molecular weight is 909 g/mol. The SMILES string of the molecule is [2H]c1c([2H])c([2H])c2c(c1[2H])c1c([2H])c([2H])c([2H])c([2H])c1n2-c1cc(-n2c3c([2H])c([2H])c([2H])c([2H])c3c3c([2H])c([2H])c([2H])c([2H])c32)nc(-c2c(-c3cccc4c5ccccc5n(-c5ccccc5)c34)cccc2-n2c3ccccc3c3ccccc32)n1. The number of hydrogen-bond donors (Lipinski definition) is 0. The summed E-state index contributed by atoms with van der Waals surface area (Å²) in [7, 11) is 0. The fraction of sp³-hybridized carbons (Fsp3) is 0. The van der Waals surface area contributed by atoms with Gasteiger partial charge in [0.1, 0.15) is 11.6 Å². The zero-order valence-electron chi connectivity index (χ0n) is 52.5. The molecule has 0 aliphatic rings. The van der Waals surface area contributed by atoms with Crippen LogP contribution in [0.2, 0.25) is 0 Å². The molecule has 0 aliphatic carbocycles. The summed E-state index contributed by atoms with van der Waals surface area (Å²) in [6.45, 7) is 0. The minimum absolute atomic E-state index is 0.127. The van der Waals surface area contributed by atoms with Crippen LogP contribution in [0.5, 0.6) is 0 Å². The number of para-hydroxylation sites is 9. The zero-order valence-corrected chi connectivity index (χ0v) is 36.5. The van der Waals surface area contributed by atoms with Crippen LogP contribution in [-0.4, -0.2) is 28.2 Å².